The molecule has 0 saturated carbocycles. The molecule has 8 nitrogen and oxygen atoms in total. The molecule has 0 radical (unpaired) electrons. The lowest BCUT2D eigenvalue weighted by Crippen LogP contribution is -2.39. The molecule has 0 N–H and O–H groups in total. The third kappa shape index (κ3) is 3.65. The first-order chi connectivity index (χ1) is 12.1. The average Bonchev–Trinajstić information content (AvgIpc) is 3.12. The summed E-state index contributed by atoms with van der Waals surface area (Å²) in [4.78, 5) is 29.1. The fourth-order valence-corrected chi connectivity index (χ4v) is 3.07. The van der Waals surface area contributed by atoms with Crippen molar-refractivity contribution in [2.75, 3.05) is 13.6 Å². The molecule has 1 unspecified atom stereocenters. The number of hydrogen-bond donors (Lipinski definition) is 0. The molecule has 0 aromatic carbocycles. The Bertz CT molecular complexity index is 866. The smallest absolute Gasteiger partial charge is 0.344 e. The SMILES string of the molecule is CN(CC1CCc2nc(C(F)(F)F)cn2C1)C(=O)Cn1ncn(C)c1=O. The minimum atomic E-state index is -4.46. The molecule has 142 valence electrons. The normalized spacial score (nSPS) is 17.2. The summed E-state index contributed by atoms with van der Waals surface area (Å²) in [6.07, 6.45) is -1.02. The van der Waals surface area contributed by atoms with Crippen LogP contribution in [0.4, 0.5) is 13.2 Å². The highest BCUT2D eigenvalue weighted by Gasteiger charge is 2.36. The van der Waals surface area contributed by atoms with E-state index in [9.17, 15) is 22.8 Å². The van der Waals surface area contributed by atoms with Crippen LogP contribution in [-0.4, -0.2) is 48.3 Å². The molecule has 1 aliphatic rings. The van der Waals surface area contributed by atoms with Crippen LogP contribution in [0.5, 0.6) is 0 Å². The number of carbonyl (C=O) groups excluding carboxylic acids is 1. The van der Waals surface area contributed by atoms with E-state index in [1.807, 2.05) is 0 Å². The van der Waals surface area contributed by atoms with E-state index in [-0.39, 0.29) is 24.1 Å². The van der Waals surface area contributed by atoms with Gasteiger partial charge in [0, 0.05) is 39.8 Å². The Morgan fingerprint density at radius 3 is 2.77 bits per heavy atom. The molecular formula is C15H19F3N6O2. The van der Waals surface area contributed by atoms with Crippen molar-refractivity contribution in [3.05, 3.63) is 34.5 Å². The quantitative estimate of drug-likeness (QED) is 0.784. The maximum Gasteiger partial charge on any atom is 0.434 e. The molecule has 11 heteroatoms. The largest absolute Gasteiger partial charge is 0.434 e. The zero-order chi connectivity index (χ0) is 19.1. The molecule has 0 fully saturated rings. The molecule has 0 aliphatic carbocycles. The first-order valence-electron chi connectivity index (χ1n) is 8.11. The van der Waals surface area contributed by atoms with E-state index in [1.54, 1.807) is 14.1 Å². The van der Waals surface area contributed by atoms with Gasteiger partial charge in [0.25, 0.3) is 0 Å². The standard InChI is InChI=1S/C15H19F3N6O2/c1-21(13(25)8-24-14(26)22(2)9-19-24)5-10-3-4-12-20-11(15(16,17)18)7-23(12)6-10/h7,9-10H,3-6,8H2,1-2H3. The van der Waals surface area contributed by atoms with Crippen molar-refractivity contribution in [3.8, 4) is 0 Å². The van der Waals surface area contributed by atoms with Crippen LogP contribution in [0.15, 0.2) is 17.3 Å². The Labute approximate surface area is 146 Å². The van der Waals surface area contributed by atoms with Gasteiger partial charge in [-0.15, -0.1) is 0 Å². The maximum atomic E-state index is 12.8. The Morgan fingerprint density at radius 1 is 1.42 bits per heavy atom. The number of rotatable bonds is 4. The van der Waals surface area contributed by atoms with Gasteiger partial charge in [0.1, 0.15) is 18.7 Å². The van der Waals surface area contributed by atoms with Gasteiger partial charge in [-0.2, -0.15) is 18.3 Å². The summed E-state index contributed by atoms with van der Waals surface area (Å²) in [5, 5.41) is 3.84. The highest BCUT2D eigenvalue weighted by molar-refractivity contribution is 5.75. The molecule has 0 spiro atoms. The third-order valence-corrected chi connectivity index (χ3v) is 4.51. The summed E-state index contributed by atoms with van der Waals surface area (Å²) in [6, 6.07) is 0. The van der Waals surface area contributed by atoms with Crippen molar-refractivity contribution in [2.45, 2.75) is 32.1 Å². The molecule has 1 atom stereocenters. The Morgan fingerprint density at radius 2 is 2.15 bits per heavy atom. The van der Waals surface area contributed by atoms with Crippen LogP contribution in [0.2, 0.25) is 0 Å². The number of alkyl halides is 3. The second-order valence-electron chi connectivity index (χ2n) is 6.55. The second-order valence-corrected chi connectivity index (χ2v) is 6.55. The third-order valence-electron chi connectivity index (χ3n) is 4.51. The number of hydrogen-bond acceptors (Lipinski definition) is 4. The van der Waals surface area contributed by atoms with Crippen molar-refractivity contribution >= 4 is 5.91 Å². The van der Waals surface area contributed by atoms with Gasteiger partial charge in [0.15, 0.2) is 5.69 Å². The lowest BCUT2D eigenvalue weighted by molar-refractivity contribution is -0.141. The van der Waals surface area contributed by atoms with Crippen molar-refractivity contribution in [2.24, 2.45) is 13.0 Å². The number of aromatic nitrogens is 5. The molecule has 2 aromatic rings. The molecule has 3 heterocycles. The summed E-state index contributed by atoms with van der Waals surface area (Å²) in [5.41, 5.74) is -1.26. The number of imidazole rings is 1. The van der Waals surface area contributed by atoms with Gasteiger partial charge < -0.3 is 9.47 Å². The fraction of sp³-hybridized carbons (Fsp3) is 0.600. The molecule has 3 rings (SSSR count). The summed E-state index contributed by atoms with van der Waals surface area (Å²) in [5.74, 6) is 0.160. The maximum absolute atomic E-state index is 12.8. The zero-order valence-corrected chi connectivity index (χ0v) is 14.4. The summed E-state index contributed by atoms with van der Waals surface area (Å²) < 4.78 is 42.1. The number of halogens is 3. The predicted molar refractivity (Wildman–Crippen MR) is 84.1 cm³/mol. The van der Waals surface area contributed by atoms with Crippen molar-refractivity contribution in [1.82, 2.24) is 28.8 Å². The lowest BCUT2D eigenvalue weighted by atomic mass is 9.99. The minimum Gasteiger partial charge on any atom is -0.344 e. The van der Waals surface area contributed by atoms with Gasteiger partial charge in [-0.05, 0) is 12.3 Å². The predicted octanol–water partition coefficient (Wildman–Crippen LogP) is 0.518. The molecule has 2 aromatic heterocycles. The van der Waals surface area contributed by atoms with Crippen LogP contribution in [0.3, 0.4) is 0 Å². The molecule has 26 heavy (non-hydrogen) atoms. The van der Waals surface area contributed by atoms with Crippen molar-refractivity contribution in [1.29, 1.82) is 0 Å². The number of likely N-dealkylation sites (N-methyl/N-ethyl adjacent to an activating group) is 1. The number of aryl methyl sites for hydroxylation is 2. The van der Waals surface area contributed by atoms with Gasteiger partial charge in [0.2, 0.25) is 5.91 Å². The second kappa shape index (κ2) is 6.61. The van der Waals surface area contributed by atoms with E-state index in [4.69, 9.17) is 0 Å². The summed E-state index contributed by atoms with van der Waals surface area (Å²) in [6.45, 7) is 0.594. The summed E-state index contributed by atoms with van der Waals surface area (Å²) in [7, 11) is 3.15. The highest BCUT2D eigenvalue weighted by atomic mass is 19.4. The number of nitrogens with zero attached hydrogens (tertiary/aromatic N) is 6. The van der Waals surface area contributed by atoms with Crippen LogP contribution in [0.1, 0.15) is 17.9 Å². The van der Waals surface area contributed by atoms with E-state index < -0.39 is 11.9 Å². The molecule has 0 bridgehead atoms. The fourth-order valence-electron chi connectivity index (χ4n) is 3.07. The summed E-state index contributed by atoms with van der Waals surface area (Å²) >= 11 is 0. The van der Waals surface area contributed by atoms with Crippen LogP contribution in [0, 0.1) is 5.92 Å². The number of fused-ring (bicyclic) bond motifs is 1. The van der Waals surface area contributed by atoms with Crippen LogP contribution in [0.25, 0.3) is 0 Å². The topological polar surface area (TPSA) is 78.0 Å². The zero-order valence-electron chi connectivity index (χ0n) is 14.4. The first kappa shape index (κ1) is 18.2. The van der Waals surface area contributed by atoms with E-state index >= 15 is 0 Å². The van der Waals surface area contributed by atoms with E-state index in [1.165, 1.54) is 20.4 Å². The van der Waals surface area contributed by atoms with Gasteiger partial charge in [-0.1, -0.05) is 0 Å². The number of carbonyl (C=O) groups is 1. The lowest BCUT2D eigenvalue weighted by Gasteiger charge is -2.28. The van der Waals surface area contributed by atoms with E-state index in [0.717, 1.165) is 10.9 Å². The average molecular weight is 372 g/mol. The minimum absolute atomic E-state index is 0.0205. The highest BCUT2D eigenvalue weighted by Crippen LogP contribution is 2.30. The molecular weight excluding hydrogens is 353 g/mol. The Balaban J connectivity index is 1.61. The molecule has 0 saturated heterocycles. The van der Waals surface area contributed by atoms with Crippen LogP contribution < -0.4 is 5.69 Å². The van der Waals surface area contributed by atoms with Crippen LogP contribution in [-0.2, 0) is 37.5 Å². The molecule has 1 aliphatic heterocycles. The van der Waals surface area contributed by atoms with E-state index in [0.29, 0.717) is 31.8 Å². The first-order valence-corrected chi connectivity index (χ1v) is 8.11. The monoisotopic (exact) mass is 372 g/mol. The van der Waals surface area contributed by atoms with Gasteiger partial charge in [0.05, 0.1) is 0 Å². The Kier molecular flexibility index (Phi) is 4.63. The van der Waals surface area contributed by atoms with Gasteiger partial charge >= 0.3 is 11.9 Å². The van der Waals surface area contributed by atoms with Gasteiger partial charge in [-0.3, -0.25) is 9.36 Å². The Hall–Kier alpha value is -2.59. The van der Waals surface area contributed by atoms with Crippen LogP contribution >= 0.6 is 0 Å². The number of amides is 1. The van der Waals surface area contributed by atoms with Crippen molar-refractivity contribution < 1.29 is 18.0 Å². The van der Waals surface area contributed by atoms with Gasteiger partial charge in [-0.25, -0.2) is 14.5 Å². The van der Waals surface area contributed by atoms with Crippen molar-refractivity contribution in [3.63, 3.8) is 0 Å². The van der Waals surface area contributed by atoms with E-state index in [2.05, 4.69) is 10.1 Å². The molecule has 1 amide bonds.